The topological polar surface area (TPSA) is 119 Å². The molecule has 3 rings (SSSR count). The molecule has 0 aromatic carbocycles. The number of hydrogen-bond donors (Lipinski definition) is 2. The highest BCUT2D eigenvalue weighted by molar-refractivity contribution is 7.89. The van der Waals surface area contributed by atoms with Crippen LogP contribution in [-0.4, -0.2) is 54.7 Å². The summed E-state index contributed by atoms with van der Waals surface area (Å²) < 4.78 is 31.7. The Hall–Kier alpha value is -1.45. The second-order valence-corrected chi connectivity index (χ2v) is 9.40. The zero-order chi connectivity index (χ0) is 18.7. The van der Waals surface area contributed by atoms with E-state index in [1.54, 1.807) is 10.4 Å². The molecule has 9 heteroatoms. The molecule has 0 unspecified atom stereocenters. The third-order valence-electron chi connectivity index (χ3n) is 5.10. The Morgan fingerprint density at radius 1 is 1.38 bits per heavy atom. The fourth-order valence-corrected chi connectivity index (χ4v) is 5.28. The number of nitrogens with zero attached hydrogens (tertiary/aromatic N) is 2. The Labute approximate surface area is 154 Å². The van der Waals surface area contributed by atoms with Gasteiger partial charge in [0.05, 0.1) is 5.75 Å². The maximum Gasteiger partial charge on any atom is 0.273 e. The molecule has 1 aromatic heterocycles. The first-order valence-electron chi connectivity index (χ1n) is 9.37. The van der Waals surface area contributed by atoms with Crippen molar-refractivity contribution in [1.82, 2.24) is 14.8 Å². The van der Waals surface area contributed by atoms with E-state index < -0.39 is 10.0 Å². The van der Waals surface area contributed by atoms with Gasteiger partial charge in [0.25, 0.3) is 5.91 Å². The number of amides is 1. The second-order valence-electron chi connectivity index (χ2n) is 7.36. The molecular formula is C17H28N4O4S. The minimum Gasteiger partial charge on any atom is -0.360 e. The number of nitrogens with one attached hydrogen (secondary N) is 1. The smallest absolute Gasteiger partial charge is 0.273 e. The Morgan fingerprint density at radius 2 is 2.15 bits per heavy atom. The molecule has 0 radical (unpaired) electrons. The molecule has 1 saturated carbocycles. The van der Waals surface area contributed by atoms with Crippen molar-refractivity contribution < 1.29 is 17.7 Å². The Balaban J connectivity index is 1.52. The highest BCUT2D eigenvalue weighted by Crippen LogP contribution is 2.40. The molecule has 8 nitrogen and oxygen atoms in total. The van der Waals surface area contributed by atoms with Crippen LogP contribution in [0.2, 0.25) is 0 Å². The van der Waals surface area contributed by atoms with Crippen LogP contribution in [0, 0.1) is 0 Å². The Morgan fingerprint density at radius 3 is 2.81 bits per heavy atom. The molecule has 0 bridgehead atoms. The number of hydrogen-bond acceptors (Lipinski definition) is 6. The van der Waals surface area contributed by atoms with Gasteiger partial charge in [-0.05, 0) is 52.0 Å². The van der Waals surface area contributed by atoms with Crippen LogP contribution < -0.4 is 11.1 Å². The molecule has 2 aliphatic rings. The van der Waals surface area contributed by atoms with Crippen molar-refractivity contribution in [3.63, 3.8) is 0 Å². The van der Waals surface area contributed by atoms with E-state index in [1.165, 1.54) is 0 Å². The van der Waals surface area contributed by atoms with Gasteiger partial charge >= 0.3 is 0 Å². The monoisotopic (exact) mass is 384 g/mol. The van der Waals surface area contributed by atoms with E-state index >= 15 is 0 Å². The molecule has 1 aromatic rings. The van der Waals surface area contributed by atoms with Gasteiger partial charge in [-0.15, -0.1) is 0 Å². The molecular weight excluding hydrogens is 356 g/mol. The fraction of sp³-hybridized carbons (Fsp3) is 0.765. The van der Waals surface area contributed by atoms with Gasteiger partial charge in [-0.1, -0.05) is 5.16 Å². The van der Waals surface area contributed by atoms with Crippen LogP contribution in [0.3, 0.4) is 0 Å². The lowest BCUT2D eigenvalue weighted by Crippen LogP contribution is -2.51. The fourth-order valence-electron chi connectivity index (χ4n) is 3.46. The maximum absolute atomic E-state index is 12.5. The first-order chi connectivity index (χ1) is 12.4. The van der Waals surface area contributed by atoms with Crippen molar-refractivity contribution in [2.75, 3.05) is 18.8 Å². The number of piperidine rings is 1. The van der Waals surface area contributed by atoms with Crippen LogP contribution in [0.15, 0.2) is 10.6 Å². The largest absolute Gasteiger partial charge is 0.360 e. The molecule has 1 saturated heterocycles. The summed E-state index contributed by atoms with van der Waals surface area (Å²) in [5, 5.41) is 6.82. The van der Waals surface area contributed by atoms with Crippen molar-refractivity contribution in [1.29, 1.82) is 0 Å². The molecule has 146 valence electrons. The second kappa shape index (κ2) is 8.06. The predicted octanol–water partition coefficient (Wildman–Crippen LogP) is 1.20. The number of carbonyl (C=O) groups is 1. The standard InChI is InChI=1S/C17H28N4O4S/c1-12-10-14(6-8-21(12)26(23,24)9-3-2-7-18)19-17(22)15-11-16(25-20-15)13-4-5-13/h11-14H,2-10,18H2,1H3,(H,19,22)/t12-,14-/m0/s1. The summed E-state index contributed by atoms with van der Waals surface area (Å²) in [6.07, 6.45) is 4.66. The zero-order valence-electron chi connectivity index (χ0n) is 15.2. The highest BCUT2D eigenvalue weighted by Gasteiger charge is 2.34. The van der Waals surface area contributed by atoms with E-state index in [9.17, 15) is 13.2 Å². The van der Waals surface area contributed by atoms with Crippen LogP contribution in [0.25, 0.3) is 0 Å². The summed E-state index contributed by atoms with van der Waals surface area (Å²) in [6.45, 7) is 2.81. The van der Waals surface area contributed by atoms with E-state index in [4.69, 9.17) is 10.3 Å². The average Bonchev–Trinajstić information content (AvgIpc) is 3.31. The van der Waals surface area contributed by atoms with Gasteiger partial charge in [0.2, 0.25) is 10.0 Å². The molecule has 1 aliphatic heterocycles. The summed E-state index contributed by atoms with van der Waals surface area (Å²) in [5.74, 6) is 1.07. The molecule has 2 atom stereocenters. The molecule has 2 heterocycles. The summed E-state index contributed by atoms with van der Waals surface area (Å²) in [5.41, 5.74) is 5.74. The summed E-state index contributed by atoms with van der Waals surface area (Å²) in [7, 11) is -3.27. The molecule has 2 fully saturated rings. The van der Waals surface area contributed by atoms with E-state index in [-0.39, 0.29) is 23.7 Å². The zero-order valence-corrected chi connectivity index (χ0v) is 16.0. The van der Waals surface area contributed by atoms with E-state index in [0.29, 0.717) is 50.4 Å². The first-order valence-corrected chi connectivity index (χ1v) is 11.0. The van der Waals surface area contributed by atoms with Crippen LogP contribution in [-0.2, 0) is 10.0 Å². The lowest BCUT2D eigenvalue weighted by molar-refractivity contribution is 0.0905. The van der Waals surface area contributed by atoms with Gasteiger partial charge in [-0.25, -0.2) is 8.42 Å². The first kappa shape index (κ1) is 19.3. The number of aromatic nitrogens is 1. The van der Waals surface area contributed by atoms with Gasteiger partial charge in [0, 0.05) is 30.6 Å². The van der Waals surface area contributed by atoms with Gasteiger partial charge in [0.15, 0.2) is 5.69 Å². The lowest BCUT2D eigenvalue weighted by Gasteiger charge is -2.36. The molecule has 0 spiro atoms. The van der Waals surface area contributed by atoms with Gasteiger partial charge in [-0.3, -0.25) is 4.79 Å². The number of sulfonamides is 1. The quantitative estimate of drug-likeness (QED) is 0.650. The molecule has 3 N–H and O–H groups in total. The molecule has 1 amide bonds. The third-order valence-corrected chi connectivity index (χ3v) is 7.17. The normalized spacial score (nSPS) is 24.5. The minimum atomic E-state index is -3.27. The Bertz CT molecular complexity index is 729. The van der Waals surface area contributed by atoms with Crippen molar-refractivity contribution in [2.45, 2.75) is 63.5 Å². The molecule has 26 heavy (non-hydrogen) atoms. The number of rotatable bonds is 8. The van der Waals surface area contributed by atoms with Crippen LogP contribution in [0.4, 0.5) is 0 Å². The Kier molecular flexibility index (Phi) is 5.99. The maximum atomic E-state index is 12.5. The SMILES string of the molecule is C[C@H]1C[C@@H](NC(=O)c2cc(C3CC3)on2)CCN1S(=O)(=O)CCCCN. The number of unbranched alkanes of at least 4 members (excludes halogenated alkanes) is 1. The third kappa shape index (κ3) is 4.63. The van der Waals surface area contributed by atoms with Crippen molar-refractivity contribution in [3.8, 4) is 0 Å². The van der Waals surface area contributed by atoms with Crippen molar-refractivity contribution >= 4 is 15.9 Å². The van der Waals surface area contributed by atoms with Crippen LogP contribution >= 0.6 is 0 Å². The summed E-state index contributed by atoms with van der Waals surface area (Å²) >= 11 is 0. The summed E-state index contributed by atoms with van der Waals surface area (Å²) in [4.78, 5) is 12.4. The predicted molar refractivity (Wildman–Crippen MR) is 97.2 cm³/mol. The van der Waals surface area contributed by atoms with Crippen molar-refractivity contribution in [2.24, 2.45) is 5.73 Å². The van der Waals surface area contributed by atoms with E-state index in [1.807, 2.05) is 6.92 Å². The van der Waals surface area contributed by atoms with Crippen LogP contribution in [0.5, 0.6) is 0 Å². The van der Waals surface area contributed by atoms with Crippen LogP contribution in [0.1, 0.15) is 67.6 Å². The minimum absolute atomic E-state index is 0.0610. The number of nitrogens with two attached hydrogens (primary N) is 1. The van der Waals surface area contributed by atoms with Gasteiger partial charge in [0.1, 0.15) is 5.76 Å². The molecule has 1 aliphatic carbocycles. The average molecular weight is 385 g/mol. The summed E-state index contributed by atoms with van der Waals surface area (Å²) in [6, 6.07) is 1.51. The van der Waals surface area contributed by atoms with Gasteiger partial charge < -0.3 is 15.6 Å². The van der Waals surface area contributed by atoms with Crippen molar-refractivity contribution in [3.05, 3.63) is 17.5 Å². The van der Waals surface area contributed by atoms with E-state index in [2.05, 4.69) is 10.5 Å². The van der Waals surface area contributed by atoms with Gasteiger partial charge in [-0.2, -0.15) is 4.31 Å². The van der Waals surface area contributed by atoms with E-state index in [0.717, 1.165) is 18.6 Å². The lowest BCUT2D eigenvalue weighted by atomic mass is 10.0. The number of carbonyl (C=O) groups excluding carboxylic acids is 1. The highest BCUT2D eigenvalue weighted by atomic mass is 32.2.